The van der Waals surface area contributed by atoms with Crippen LogP contribution in [0.25, 0.3) is 5.76 Å². The lowest BCUT2D eigenvalue weighted by Crippen LogP contribution is -2.32. The van der Waals surface area contributed by atoms with Crippen molar-refractivity contribution in [3.05, 3.63) is 58.7 Å². The Morgan fingerprint density at radius 3 is 2.19 bits per heavy atom. The summed E-state index contributed by atoms with van der Waals surface area (Å²) in [5.41, 5.74) is 1.80. The average molecular weight is 441 g/mol. The van der Waals surface area contributed by atoms with Crippen molar-refractivity contribution in [2.75, 3.05) is 41.6 Å². The predicted molar refractivity (Wildman–Crippen MR) is 118 cm³/mol. The van der Waals surface area contributed by atoms with Crippen LogP contribution in [0.15, 0.2) is 42.0 Å². The minimum atomic E-state index is -0.813. The third-order valence-corrected chi connectivity index (χ3v) is 5.47. The van der Waals surface area contributed by atoms with Crippen LogP contribution in [0.3, 0.4) is 0 Å². The number of carbonyl (C=O) groups is 2. The molecular formula is C24H27NO7. The van der Waals surface area contributed by atoms with Gasteiger partial charge in [0, 0.05) is 19.2 Å². The fraction of sp³-hybridized carbons (Fsp3) is 0.333. The minimum Gasteiger partial charge on any atom is -0.507 e. The maximum Gasteiger partial charge on any atom is 0.295 e. The highest BCUT2D eigenvalue weighted by molar-refractivity contribution is 6.46. The highest BCUT2D eigenvalue weighted by Gasteiger charge is 2.46. The number of nitrogens with zero attached hydrogens (tertiary/aromatic N) is 1. The first-order valence-corrected chi connectivity index (χ1v) is 10.0. The lowest BCUT2D eigenvalue weighted by atomic mass is 9.94. The molecule has 8 heteroatoms. The Labute approximate surface area is 187 Å². The zero-order valence-corrected chi connectivity index (χ0v) is 18.8. The number of aliphatic hydroxyl groups is 1. The molecule has 1 fully saturated rings. The molecule has 8 nitrogen and oxygen atoms in total. The molecule has 1 aliphatic rings. The number of ether oxygens (including phenoxy) is 4. The third kappa shape index (κ3) is 4.13. The van der Waals surface area contributed by atoms with Crippen molar-refractivity contribution in [3.8, 4) is 17.2 Å². The van der Waals surface area contributed by atoms with Crippen LogP contribution in [0.4, 0.5) is 0 Å². The molecule has 0 aromatic heterocycles. The lowest BCUT2D eigenvalue weighted by molar-refractivity contribution is -0.140. The van der Waals surface area contributed by atoms with Crippen LogP contribution < -0.4 is 14.2 Å². The van der Waals surface area contributed by atoms with E-state index < -0.39 is 17.7 Å². The molecule has 1 amide bonds. The first-order valence-electron chi connectivity index (χ1n) is 10.0. The number of hydrogen-bond acceptors (Lipinski definition) is 7. The van der Waals surface area contributed by atoms with Gasteiger partial charge in [-0.15, -0.1) is 0 Å². The third-order valence-electron chi connectivity index (χ3n) is 5.47. The maximum atomic E-state index is 13.0. The van der Waals surface area contributed by atoms with Gasteiger partial charge in [0.1, 0.15) is 11.5 Å². The molecule has 170 valence electrons. The lowest BCUT2D eigenvalue weighted by Gasteiger charge is -2.25. The molecule has 1 N–H and O–H groups in total. The van der Waals surface area contributed by atoms with Gasteiger partial charge >= 0.3 is 0 Å². The number of hydrogen-bond donors (Lipinski definition) is 1. The van der Waals surface area contributed by atoms with Crippen LogP contribution in [-0.2, 0) is 14.3 Å². The zero-order chi connectivity index (χ0) is 23.4. The van der Waals surface area contributed by atoms with Crippen LogP contribution in [0, 0.1) is 6.92 Å². The zero-order valence-electron chi connectivity index (χ0n) is 18.8. The molecule has 2 aromatic rings. The molecular weight excluding hydrogens is 414 g/mol. The molecule has 32 heavy (non-hydrogen) atoms. The first-order chi connectivity index (χ1) is 15.4. The summed E-state index contributed by atoms with van der Waals surface area (Å²) in [5, 5.41) is 11.2. The smallest absolute Gasteiger partial charge is 0.295 e. The molecule has 0 spiro atoms. The molecule has 3 rings (SSSR count). The molecule has 1 aliphatic heterocycles. The topological polar surface area (TPSA) is 94.5 Å². The van der Waals surface area contributed by atoms with E-state index >= 15 is 0 Å². The van der Waals surface area contributed by atoms with Crippen molar-refractivity contribution >= 4 is 17.4 Å². The number of likely N-dealkylation sites (tertiary alicyclic amines) is 1. The summed E-state index contributed by atoms with van der Waals surface area (Å²) >= 11 is 0. The van der Waals surface area contributed by atoms with Gasteiger partial charge in [-0.05, 0) is 48.4 Å². The van der Waals surface area contributed by atoms with Crippen LogP contribution >= 0.6 is 0 Å². The van der Waals surface area contributed by atoms with E-state index in [1.54, 1.807) is 43.5 Å². The monoisotopic (exact) mass is 441 g/mol. The van der Waals surface area contributed by atoms with E-state index in [9.17, 15) is 14.7 Å². The SMILES string of the molecule is COCCN1C(=O)C(=O)/C(=C(/O)c2ccc(OC)c(C)c2)[C@H]1c1ccc(OC)c(OC)c1. The van der Waals surface area contributed by atoms with E-state index in [2.05, 4.69) is 0 Å². The van der Waals surface area contributed by atoms with Crippen molar-refractivity contribution in [2.45, 2.75) is 13.0 Å². The first kappa shape index (κ1) is 23.1. The van der Waals surface area contributed by atoms with E-state index in [1.807, 2.05) is 6.92 Å². The van der Waals surface area contributed by atoms with Crippen molar-refractivity contribution in [2.24, 2.45) is 0 Å². The van der Waals surface area contributed by atoms with Gasteiger partial charge < -0.3 is 29.0 Å². The van der Waals surface area contributed by atoms with E-state index in [1.165, 1.54) is 26.2 Å². The maximum absolute atomic E-state index is 13.0. The van der Waals surface area contributed by atoms with Gasteiger partial charge in [-0.3, -0.25) is 9.59 Å². The molecule has 0 bridgehead atoms. The van der Waals surface area contributed by atoms with E-state index in [0.717, 1.165) is 5.56 Å². The summed E-state index contributed by atoms with van der Waals surface area (Å²) in [4.78, 5) is 27.3. The summed E-state index contributed by atoms with van der Waals surface area (Å²) in [5.74, 6) is -0.105. The number of Topliss-reactive ketones (excluding diaryl/α,β-unsaturated/α-hetero) is 1. The molecule has 1 heterocycles. The van der Waals surface area contributed by atoms with Crippen LogP contribution in [0.1, 0.15) is 22.7 Å². The fourth-order valence-electron chi connectivity index (χ4n) is 3.85. The summed E-state index contributed by atoms with van der Waals surface area (Å²) in [6.45, 7) is 2.25. The van der Waals surface area contributed by atoms with Gasteiger partial charge in [-0.1, -0.05) is 6.07 Å². The Hall–Kier alpha value is -3.52. The van der Waals surface area contributed by atoms with Crippen LogP contribution in [0.2, 0.25) is 0 Å². The van der Waals surface area contributed by atoms with Crippen molar-refractivity contribution in [1.29, 1.82) is 0 Å². The molecule has 2 aromatic carbocycles. The van der Waals surface area contributed by atoms with Crippen LogP contribution in [-0.4, -0.2) is 63.3 Å². The van der Waals surface area contributed by atoms with Gasteiger partial charge in [0.25, 0.3) is 11.7 Å². The highest BCUT2D eigenvalue weighted by Crippen LogP contribution is 2.42. The summed E-state index contributed by atoms with van der Waals surface area (Å²) in [7, 11) is 6.10. The number of carbonyl (C=O) groups excluding carboxylic acids is 2. The van der Waals surface area contributed by atoms with Crippen molar-refractivity contribution in [3.63, 3.8) is 0 Å². The average Bonchev–Trinajstić information content (AvgIpc) is 3.06. The van der Waals surface area contributed by atoms with Crippen molar-refractivity contribution < 1.29 is 33.6 Å². The van der Waals surface area contributed by atoms with Gasteiger partial charge in [0.15, 0.2) is 11.5 Å². The highest BCUT2D eigenvalue weighted by atomic mass is 16.5. The van der Waals surface area contributed by atoms with E-state index in [0.29, 0.717) is 28.4 Å². The fourth-order valence-corrected chi connectivity index (χ4v) is 3.85. The standard InChI is InChI=1S/C24H27NO7/c1-14-12-16(7-8-17(14)30-3)22(26)20-21(25(10-11-29-2)24(28)23(20)27)15-6-9-18(31-4)19(13-15)32-5/h6-9,12-13,21,26H,10-11H2,1-5H3/b22-20+/t21-/m1/s1. The Kier molecular flexibility index (Phi) is 7.05. The second-order valence-corrected chi connectivity index (χ2v) is 7.28. The summed E-state index contributed by atoms with van der Waals surface area (Å²) in [6.07, 6.45) is 0. The van der Waals surface area contributed by atoms with E-state index in [-0.39, 0.29) is 24.5 Å². The molecule has 0 unspecified atom stereocenters. The van der Waals surface area contributed by atoms with E-state index in [4.69, 9.17) is 18.9 Å². The van der Waals surface area contributed by atoms with Gasteiger partial charge in [0.2, 0.25) is 0 Å². The molecule has 1 saturated heterocycles. The Morgan fingerprint density at radius 2 is 1.59 bits per heavy atom. The molecule has 0 saturated carbocycles. The van der Waals surface area contributed by atoms with Gasteiger partial charge in [-0.2, -0.15) is 0 Å². The Morgan fingerprint density at radius 1 is 0.938 bits per heavy atom. The number of rotatable bonds is 8. The largest absolute Gasteiger partial charge is 0.507 e. The molecule has 1 atom stereocenters. The second-order valence-electron chi connectivity index (χ2n) is 7.28. The van der Waals surface area contributed by atoms with Gasteiger partial charge in [-0.25, -0.2) is 0 Å². The normalized spacial score (nSPS) is 17.5. The number of methoxy groups -OCH3 is 4. The second kappa shape index (κ2) is 9.74. The van der Waals surface area contributed by atoms with Gasteiger partial charge in [0.05, 0.1) is 39.6 Å². The number of amides is 1. The Bertz CT molecular complexity index is 1060. The number of ketones is 1. The molecule has 0 aliphatic carbocycles. The summed E-state index contributed by atoms with van der Waals surface area (Å²) < 4.78 is 21.1. The van der Waals surface area contributed by atoms with Crippen LogP contribution in [0.5, 0.6) is 17.2 Å². The quantitative estimate of drug-likeness (QED) is 0.382. The Balaban J connectivity index is 2.20. The number of aryl methyl sites for hydroxylation is 1. The number of benzene rings is 2. The molecule has 0 radical (unpaired) electrons. The predicted octanol–water partition coefficient (Wildman–Crippen LogP) is 3.09. The van der Waals surface area contributed by atoms with Crippen molar-refractivity contribution in [1.82, 2.24) is 4.90 Å². The summed E-state index contributed by atoms with van der Waals surface area (Å²) in [6, 6.07) is 9.38. The minimum absolute atomic E-state index is 0.00268. The number of aliphatic hydroxyl groups excluding tert-OH is 1.